The van der Waals surface area contributed by atoms with Gasteiger partial charge in [0.1, 0.15) is 18.0 Å². The molecule has 0 radical (unpaired) electrons. The number of fused-ring (bicyclic) bond motifs is 1. The van der Waals surface area contributed by atoms with E-state index in [4.69, 9.17) is 0 Å². The highest BCUT2D eigenvalue weighted by molar-refractivity contribution is 5.85. The third-order valence-corrected chi connectivity index (χ3v) is 5.23. The number of pyridine rings is 1. The average Bonchev–Trinajstić information content (AvgIpc) is 2.74. The Morgan fingerprint density at radius 3 is 2.93 bits per heavy atom. The second kappa shape index (κ2) is 9.04. The molecule has 4 rings (SSSR count). The van der Waals surface area contributed by atoms with Crippen LogP contribution in [0.5, 0.6) is 0 Å². The van der Waals surface area contributed by atoms with E-state index >= 15 is 0 Å². The van der Waals surface area contributed by atoms with Crippen LogP contribution >= 0.6 is 0 Å². The van der Waals surface area contributed by atoms with Crippen LogP contribution in [0.15, 0.2) is 42.9 Å². The molecule has 3 N–H and O–H groups in total. The van der Waals surface area contributed by atoms with Gasteiger partial charge < -0.3 is 20.9 Å². The Balaban J connectivity index is 1.44. The van der Waals surface area contributed by atoms with Crippen LogP contribution in [0, 0.1) is 0 Å². The van der Waals surface area contributed by atoms with Crippen LogP contribution in [0.1, 0.15) is 18.1 Å². The predicted octanol–water partition coefficient (Wildman–Crippen LogP) is 1.72. The zero-order valence-corrected chi connectivity index (χ0v) is 17.4. The minimum Gasteiger partial charge on any atom is -0.370 e. The summed E-state index contributed by atoms with van der Waals surface area (Å²) in [6.45, 7) is 4.59. The highest BCUT2D eigenvalue weighted by Crippen LogP contribution is 2.21. The Hall–Kier alpha value is -3.26. The standard InChI is InChI=1S/C22H27N7O/c1-15-12-29(13-21(30)28-15)20-10-19(26-14-27-20)24-8-6-16-4-3-5-18-17(11-23-2)7-9-25-22(16)18/h3-5,7,9-10,14-15,23H,6,8,11-13H2,1-2H3,(H,28,30)(H,24,26,27). The van der Waals surface area contributed by atoms with Crippen molar-refractivity contribution in [3.8, 4) is 0 Å². The van der Waals surface area contributed by atoms with Gasteiger partial charge in [-0.05, 0) is 37.6 Å². The van der Waals surface area contributed by atoms with E-state index in [1.54, 1.807) is 6.33 Å². The lowest BCUT2D eigenvalue weighted by molar-refractivity contribution is -0.121. The summed E-state index contributed by atoms with van der Waals surface area (Å²) in [6, 6.07) is 10.4. The molecule has 0 spiro atoms. The second-order valence-corrected chi connectivity index (χ2v) is 7.60. The van der Waals surface area contributed by atoms with Gasteiger partial charge in [0.15, 0.2) is 0 Å². The number of amides is 1. The SMILES string of the molecule is CNCc1ccnc2c(CCNc3cc(N4CC(=O)NC(C)C4)ncn3)cccc12. The molecule has 0 aliphatic carbocycles. The Morgan fingerprint density at radius 1 is 1.20 bits per heavy atom. The highest BCUT2D eigenvalue weighted by Gasteiger charge is 2.22. The van der Waals surface area contributed by atoms with Crippen LogP contribution in [-0.2, 0) is 17.8 Å². The first kappa shape index (κ1) is 20.0. The molecule has 8 heteroatoms. The molecule has 8 nitrogen and oxygen atoms in total. The second-order valence-electron chi connectivity index (χ2n) is 7.60. The molecule has 0 bridgehead atoms. The topological polar surface area (TPSA) is 95.1 Å². The van der Waals surface area contributed by atoms with Crippen molar-refractivity contribution >= 4 is 28.4 Å². The first-order valence-electron chi connectivity index (χ1n) is 10.2. The molecule has 156 valence electrons. The molecule has 1 amide bonds. The molecular formula is C22H27N7O. The molecule has 1 aliphatic rings. The minimum absolute atomic E-state index is 0.0166. The largest absolute Gasteiger partial charge is 0.370 e. The van der Waals surface area contributed by atoms with E-state index in [-0.39, 0.29) is 11.9 Å². The van der Waals surface area contributed by atoms with Crippen LogP contribution in [0.2, 0.25) is 0 Å². The first-order chi connectivity index (χ1) is 14.6. The number of aromatic nitrogens is 3. The molecule has 1 fully saturated rings. The Kier molecular flexibility index (Phi) is 6.04. The summed E-state index contributed by atoms with van der Waals surface area (Å²) < 4.78 is 0. The summed E-state index contributed by atoms with van der Waals surface area (Å²) in [7, 11) is 1.95. The lowest BCUT2D eigenvalue weighted by Crippen LogP contribution is -2.53. The number of hydrogen-bond acceptors (Lipinski definition) is 7. The zero-order chi connectivity index (χ0) is 20.9. The van der Waals surface area contributed by atoms with Gasteiger partial charge in [0.05, 0.1) is 12.1 Å². The zero-order valence-electron chi connectivity index (χ0n) is 17.4. The lowest BCUT2D eigenvalue weighted by atomic mass is 10.0. The fourth-order valence-electron chi connectivity index (χ4n) is 3.89. The van der Waals surface area contributed by atoms with Gasteiger partial charge in [-0.3, -0.25) is 9.78 Å². The molecule has 3 heterocycles. The van der Waals surface area contributed by atoms with Gasteiger partial charge in [0.2, 0.25) is 5.91 Å². The average molecular weight is 406 g/mol. The Bertz CT molecular complexity index is 1040. The van der Waals surface area contributed by atoms with Crippen molar-refractivity contribution in [1.29, 1.82) is 0 Å². The van der Waals surface area contributed by atoms with E-state index in [0.29, 0.717) is 6.54 Å². The van der Waals surface area contributed by atoms with E-state index in [2.05, 4.69) is 55.2 Å². The molecule has 3 aromatic rings. The number of para-hydroxylation sites is 1. The van der Waals surface area contributed by atoms with E-state index in [0.717, 1.165) is 43.2 Å². The van der Waals surface area contributed by atoms with Crippen molar-refractivity contribution in [2.45, 2.75) is 25.9 Å². The number of hydrogen-bond donors (Lipinski definition) is 3. The summed E-state index contributed by atoms with van der Waals surface area (Å²) in [4.78, 5) is 27.1. The van der Waals surface area contributed by atoms with E-state index in [1.807, 2.05) is 31.1 Å². The minimum atomic E-state index is 0.0166. The van der Waals surface area contributed by atoms with E-state index in [1.165, 1.54) is 16.5 Å². The highest BCUT2D eigenvalue weighted by atomic mass is 16.2. The number of piperazine rings is 1. The van der Waals surface area contributed by atoms with Crippen molar-refractivity contribution < 1.29 is 4.79 Å². The summed E-state index contributed by atoms with van der Waals surface area (Å²) in [6.07, 6.45) is 4.24. The molecular weight excluding hydrogens is 378 g/mol. The van der Waals surface area contributed by atoms with Gasteiger partial charge in [-0.25, -0.2) is 9.97 Å². The monoisotopic (exact) mass is 405 g/mol. The fraction of sp³-hybridized carbons (Fsp3) is 0.364. The van der Waals surface area contributed by atoms with Gasteiger partial charge in [-0.2, -0.15) is 0 Å². The normalized spacial score (nSPS) is 16.5. The third kappa shape index (κ3) is 4.49. The number of nitrogens with one attached hydrogen (secondary N) is 3. The summed E-state index contributed by atoms with van der Waals surface area (Å²) >= 11 is 0. The maximum absolute atomic E-state index is 11.8. The van der Waals surface area contributed by atoms with E-state index < -0.39 is 0 Å². The molecule has 1 saturated heterocycles. The number of carbonyl (C=O) groups excluding carboxylic acids is 1. The molecule has 0 saturated carbocycles. The number of anilines is 2. The molecule has 30 heavy (non-hydrogen) atoms. The third-order valence-electron chi connectivity index (χ3n) is 5.23. The number of nitrogens with zero attached hydrogens (tertiary/aromatic N) is 4. The lowest BCUT2D eigenvalue weighted by Gasteiger charge is -2.32. The van der Waals surface area contributed by atoms with E-state index in [9.17, 15) is 4.79 Å². The number of benzene rings is 1. The first-order valence-corrected chi connectivity index (χ1v) is 10.2. The van der Waals surface area contributed by atoms with Crippen molar-refractivity contribution in [2.75, 3.05) is 36.9 Å². The van der Waals surface area contributed by atoms with Gasteiger partial charge in [0, 0.05) is 43.3 Å². The summed E-state index contributed by atoms with van der Waals surface area (Å²) in [5, 5.41) is 10.7. The maximum Gasteiger partial charge on any atom is 0.239 e. The van der Waals surface area contributed by atoms with Gasteiger partial charge in [-0.1, -0.05) is 18.2 Å². The fourth-order valence-corrected chi connectivity index (χ4v) is 3.89. The van der Waals surface area contributed by atoms with Crippen LogP contribution < -0.4 is 20.9 Å². The maximum atomic E-state index is 11.8. The van der Waals surface area contributed by atoms with Crippen molar-refractivity contribution in [3.63, 3.8) is 0 Å². The summed E-state index contributed by atoms with van der Waals surface area (Å²) in [5.41, 5.74) is 3.50. The van der Waals surface area contributed by atoms with Gasteiger partial charge in [-0.15, -0.1) is 0 Å². The van der Waals surface area contributed by atoms with Crippen LogP contribution in [-0.4, -0.2) is 53.6 Å². The van der Waals surface area contributed by atoms with Crippen molar-refractivity contribution in [3.05, 3.63) is 54.0 Å². The molecule has 1 unspecified atom stereocenters. The molecule has 2 aromatic heterocycles. The molecule has 1 aliphatic heterocycles. The van der Waals surface area contributed by atoms with Gasteiger partial charge >= 0.3 is 0 Å². The van der Waals surface area contributed by atoms with Crippen LogP contribution in [0.25, 0.3) is 10.9 Å². The van der Waals surface area contributed by atoms with Crippen molar-refractivity contribution in [2.24, 2.45) is 0 Å². The Labute approximate surface area is 176 Å². The molecule has 1 aromatic carbocycles. The van der Waals surface area contributed by atoms with Gasteiger partial charge in [0.25, 0.3) is 0 Å². The van der Waals surface area contributed by atoms with Crippen molar-refractivity contribution in [1.82, 2.24) is 25.6 Å². The Morgan fingerprint density at radius 2 is 2.10 bits per heavy atom. The quantitative estimate of drug-likeness (QED) is 0.551. The summed E-state index contributed by atoms with van der Waals surface area (Å²) in [5.74, 6) is 1.53. The molecule has 1 atom stereocenters. The van der Waals surface area contributed by atoms with Crippen LogP contribution in [0.4, 0.5) is 11.6 Å². The number of rotatable bonds is 7. The predicted molar refractivity (Wildman–Crippen MR) is 119 cm³/mol. The number of carbonyl (C=O) groups is 1. The van der Waals surface area contributed by atoms with Crippen LogP contribution in [0.3, 0.4) is 0 Å². The smallest absolute Gasteiger partial charge is 0.239 e.